The van der Waals surface area contributed by atoms with Gasteiger partial charge in [-0.1, -0.05) is 30.3 Å². The van der Waals surface area contributed by atoms with E-state index in [0.717, 1.165) is 17.8 Å². The van der Waals surface area contributed by atoms with Gasteiger partial charge >= 0.3 is 6.18 Å². The number of amides is 1. The number of alkyl halides is 3. The van der Waals surface area contributed by atoms with Crippen LogP contribution < -0.4 is 5.32 Å². The summed E-state index contributed by atoms with van der Waals surface area (Å²) in [5.41, 5.74) is 1.28. The van der Waals surface area contributed by atoms with Gasteiger partial charge in [-0.2, -0.15) is 13.2 Å². The van der Waals surface area contributed by atoms with E-state index in [1.54, 1.807) is 35.4 Å². The van der Waals surface area contributed by atoms with Crippen molar-refractivity contribution in [3.63, 3.8) is 0 Å². The molecule has 1 saturated carbocycles. The smallest absolute Gasteiger partial charge is 0.324 e. The van der Waals surface area contributed by atoms with E-state index in [9.17, 15) is 18.0 Å². The van der Waals surface area contributed by atoms with Gasteiger partial charge in [0.2, 0.25) is 5.91 Å². The fraction of sp³-hybridized carbons (Fsp3) is 0.200. The largest absolute Gasteiger partial charge is 0.416 e. The summed E-state index contributed by atoms with van der Waals surface area (Å²) in [5, 5.41) is 2.90. The number of benzene rings is 2. The van der Waals surface area contributed by atoms with Crippen LogP contribution in [0.5, 0.6) is 0 Å². The van der Waals surface area contributed by atoms with E-state index in [1.165, 1.54) is 6.07 Å². The normalized spacial score (nSPS) is 18.9. The molecule has 138 valence electrons. The van der Waals surface area contributed by atoms with Crippen molar-refractivity contribution in [2.24, 2.45) is 5.92 Å². The molecule has 1 aromatic heterocycles. The zero-order chi connectivity index (χ0) is 19.0. The third kappa shape index (κ3) is 3.58. The Morgan fingerprint density at radius 2 is 1.96 bits per heavy atom. The quantitative estimate of drug-likeness (QED) is 0.727. The highest BCUT2D eigenvalue weighted by Crippen LogP contribution is 2.49. The highest BCUT2D eigenvalue weighted by atomic mass is 19.4. The lowest BCUT2D eigenvalue weighted by Crippen LogP contribution is -2.16. The Balaban J connectivity index is 1.49. The molecule has 27 heavy (non-hydrogen) atoms. The lowest BCUT2D eigenvalue weighted by atomic mass is 10.1. The van der Waals surface area contributed by atoms with Crippen molar-refractivity contribution in [1.29, 1.82) is 0 Å². The number of imidazole rings is 1. The summed E-state index contributed by atoms with van der Waals surface area (Å²) in [4.78, 5) is 16.6. The van der Waals surface area contributed by atoms with Gasteiger partial charge in [0.25, 0.3) is 0 Å². The predicted octanol–water partition coefficient (Wildman–Crippen LogP) is 4.63. The lowest BCUT2D eigenvalue weighted by molar-refractivity contribution is -0.137. The molecule has 2 unspecified atom stereocenters. The predicted molar refractivity (Wildman–Crippen MR) is 94.5 cm³/mol. The topological polar surface area (TPSA) is 46.9 Å². The van der Waals surface area contributed by atoms with Crippen LogP contribution in [0, 0.1) is 5.92 Å². The fourth-order valence-corrected chi connectivity index (χ4v) is 3.23. The average molecular weight is 371 g/mol. The number of nitrogens with one attached hydrogen (secondary N) is 1. The van der Waals surface area contributed by atoms with Crippen molar-refractivity contribution < 1.29 is 18.0 Å². The molecule has 0 bridgehead atoms. The molecule has 0 spiro atoms. The molecule has 1 aliphatic carbocycles. The number of anilines is 1. The number of rotatable bonds is 4. The van der Waals surface area contributed by atoms with Crippen LogP contribution in [0.1, 0.15) is 23.5 Å². The molecule has 4 rings (SSSR count). The number of aromatic nitrogens is 2. The lowest BCUT2D eigenvalue weighted by Gasteiger charge is -2.12. The fourth-order valence-electron chi connectivity index (χ4n) is 3.23. The summed E-state index contributed by atoms with van der Waals surface area (Å²) >= 11 is 0. The van der Waals surface area contributed by atoms with Gasteiger partial charge < -0.3 is 9.88 Å². The summed E-state index contributed by atoms with van der Waals surface area (Å²) < 4.78 is 40.4. The van der Waals surface area contributed by atoms with Gasteiger partial charge in [-0.05, 0) is 36.1 Å². The first kappa shape index (κ1) is 17.3. The van der Waals surface area contributed by atoms with Crippen molar-refractivity contribution >= 4 is 11.6 Å². The number of carbonyl (C=O) groups is 1. The third-order valence-corrected chi connectivity index (χ3v) is 4.71. The molecule has 3 aromatic rings. The van der Waals surface area contributed by atoms with E-state index in [1.807, 2.05) is 18.2 Å². The number of hydrogen-bond donors (Lipinski definition) is 1. The zero-order valence-electron chi connectivity index (χ0n) is 14.1. The summed E-state index contributed by atoms with van der Waals surface area (Å²) in [6.07, 6.45) is 1.21. The van der Waals surface area contributed by atoms with E-state index >= 15 is 0 Å². The van der Waals surface area contributed by atoms with Gasteiger partial charge in [-0.3, -0.25) is 4.79 Å². The molecule has 0 saturated heterocycles. The van der Waals surface area contributed by atoms with Gasteiger partial charge in [0.15, 0.2) is 0 Å². The first-order valence-corrected chi connectivity index (χ1v) is 8.49. The van der Waals surface area contributed by atoms with E-state index in [-0.39, 0.29) is 17.7 Å². The summed E-state index contributed by atoms with van der Waals surface area (Å²) in [6, 6.07) is 12.5. The molecule has 1 aliphatic rings. The molecular weight excluding hydrogens is 355 g/mol. The highest BCUT2D eigenvalue weighted by molar-refractivity contribution is 5.96. The molecule has 4 nitrogen and oxygen atoms in total. The molecule has 1 heterocycles. The molecule has 2 atom stereocenters. The van der Waals surface area contributed by atoms with Gasteiger partial charge in [-0.25, -0.2) is 4.98 Å². The summed E-state index contributed by atoms with van der Waals surface area (Å²) in [7, 11) is 0. The van der Waals surface area contributed by atoms with Gasteiger partial charge in [0.1, 0.15) is 0 Å². The van der Waals surface area contributed by atoms with Crippen LogP contribution in [0.25, 0.3) is 5.69 Å². The Morgan fingerprint density at radius 1 is 1.15 bits per heavy atom. The molecule has 0 radical (unpaired) electrons. The summed E-state index contributed by atoms with van der Waals surface area (Å²) in [6.45, 7) is 0. The number of hydrogen-bond acceptors (Lipinski definition) is 2. The Bertz CT molecular complexity index is 967. The van der Waals surface area contributed by atoms with Gasteiger partial charge in [0.05, 0.1) is 23.3 Å². The average Bonchev–Trinajstić information content (AvgIpc) is 3.28. The van der Waals surface area contributed by atoms with Crippen molar-refractivity contribution in [3.05, 3.63) is 78.4 Å². The molecular formula is C20H16F3N3O. The number of nitrogens with zero attached hydrogens (tertiary/aromatic N) is 2. The van der Waals surface area contributed by atoms with E-state index in [2.05, 4.69) is 10.3 Å². The van der Waals surface area contributed by atoms with Crippen LogP contribution in [0.15, 0.2) is 67.3 Å². The van der Waals surface area contributed by atoms with Crippen LogP contribution in [0.4, 0.5) is 18.9 Å². The molecule has 7 heteroatoms. The maximum absolute atomic E-state index is 12.9. The van der Waals surface area contributed by atoms with Crippen molar-refractivity contribution in [3.8, 4) is 5.69 Å². The third-order valence-electron chi connectivity index (χ3n) is 4.71. The minimum absolute atomic E-state index is 0.187. The van der Waals surface area contributed by atoms with Crippen LogP contribution >= 0.6 is 0 Å². The second kappa shape index (κ2) is 6.57. The Labute approximate surface area is 153 Å². The minimum atomic E-state index is -4.38. The second-order valence-corrected chi connectivity index (χ2v) is 6.55. The van der Waals surface area contributed by atoms with Crippen molar-refractivity contribution in [2.45, 2.75) is 18.5 Å². The Morgan fingerprint density at radius 3 is 2.70 bits per heavy atom. The van der Waals surface area contributed by atoms with Crippen LogP contribution in [0.3, 0.4) is 0 Å². The van der Waals surface area contributed by atoms with Crippen LogP contribution in [0.2, 0.25) is 0 Å². The monoisotopic (exact) mass is 371 g/mol. The Kier molecular flexibility index (Phi) is 4.22. The van der Waals surface area contributed by atoms with Crippen LogP contribution in [-0.4, -0.2) is 15.5 Å². The SMILES string of the molecule is O=C(Nc1ccccc1-n1ccnc1)C1CC1c1cccc(C(F)(F)F)c1. The van der Waals surface area contributed by atoms with E-state index in [0.29, 0.717) is 17.7 Å². The first-order chi connectivity index (χ1) is 12.9. The molecule has 1 N–H and O–H groups in total. The maximum Gasteiger partial charge on any atom is 0.416 e. The number of para-hydroxylation sites is 2. The van der Waals surface area contributed by atoms with Gasteiger partial charge in [0, 0.05) is 18.3 Å². The number of halogens is 3. The Hall–Kier alpha value is -3.09. The first-order valence-electron chi connectivity index (χ1n) is 8.49. The van der Waals surface area contributed by atoms with Crippen molar-refractivity contribution in [2.75, 3.05) is 5.32 Å². The maximum atomic E-state index is 12.9. The summed E-state index contributed by atoms with van der Waals surface area (Å²) in [5.74, 6) is -0.706. The van der Waals surface area contributed by atoms with E-state index < -0.39 is 11.7 Å². The van der Waals surface area contributed by atoms with Crippen LogP contribution in [-0.2, 0) is 11.0 Å². The molecule has 1 amide bonds. The molecule has 0 aliphatic heterocycles. The highest BCUT2D eigenvalue weighted by Gasteiger charge is 2.44. The zero-order valence-corrected chi connectivity index (χ0v) is 14.1. The minimum Gasteiger partial charge on any atom is -0.324 e. The van der Waals surface area contributed by atoms with E-state index in [4.69, 9.17) is 0 Å². The second-order valence-electron chi connectivity index (χ2n) is 6.55. The van der Waals surface area contributed by atoms with Gasteiger partial charge in [-0.15, -0.1) is 0 Å². The number of carbonyl (C=O) groups excluding carboxylic acids is 1. The van der Waals surface area contributed by atoms with Crippen molar-refractivity contribution in [1.82, 2.24) is 9.55 Å². The molecule has 1 fully saturated rings. The standard InChI is InChI=1S/C20H16F3N3O/c21-20(22,23)14-5-3-4-13(10-14)15-11-16(15)19(27)25-17-6-1-2-7-18(17)26-9-8-24-12-26/h1-10,12,15-16H,11H2,(H,25,27). The molecule has 2 aromatic carbocycles.